The molecule has 6 nitrogen and oxygen atoms in total. The molecule has 1 aliphatic carbocycles. The SMILES string of the molecule is CCOc1ccc(C(C)NC(=O)C2CC3CCCCC3N2C(=O)c2ccccc2)cc1OCC. The molecule has 2 aromatic carbocycles. The van der Waals surface area contributed by atoms with Gasteiger partial charge < -0.3 is 19.7 Å². The summed E-state index contributed by atoms with van der Waals surface area (Å²) in [4.78, 5) is 28.9. The van der Waals surface area contributed by atoms with Crippen molar-refractivity contribution in [1.82, 2.24) is 10.2 Å². The predicted octanol–water partition coefficient (Wildman–Crippen LogP) is 5.13. The third-order valence-electron chi connectivity index (χ3n) is 7.07. The third kappa shape index (κ3) is 5.06. The van der Waals surface area contributed by atoms with Crippen LogP contribution in [0.3, 0.4) is 0 Å². The summed E-state index contributed by atoms with van der Waals surface area (Å²) in [6.45, 7) is 6.93. The highest BCUT2D eigenvalue weighted by atomic mass is 16.5. The van der Waals surface area contributed by atoms with E-state index in [1.807, 2.05) is 74.2 Å². The van der Waals surface area contributed by atoms with E-state index >= 15 is 0 Å². The van der Waals surface area contributed by atoms with Crippen molar-refractivity contribution >= 4 is 11.8 Å². The molecule has 4 unspecified atom stereocenters. The molecule has 34 heavy (non-hydrogen) atoms. The molecule has 0 bridgehead atoms. The van der Waals surface area contributed by atoms with Crippen molar-refractivity contribution in [2.45, 2.75) is 71.0 Å². The monoisotopic (exact) mass is 464 g/mol. The molecular weight excluding hydrogens is 428 g/mol. The number of fused-ring (bicyclic) bond motifs is 1. The molecule has 0 aromatic heterocycles. The fourth-order valence-electron chi connectivity index (χ4n) is 5.45. The quantitative estimate of drug-likeness (QED) is 0.588. The Balaban J connectivity index is 1.53. The van der Waals surface area contributed by atoms with E-state index in [0.717, 1.165) is 31.2 Å². The smallest absolute Gasteiger partial charge is 0.254 e. The van der Waals surface area contributed by atoms with Crippen LogP contribution in [0.2, 0.25) is 0 Å². The summed E-state index contributed by atoms with van der Waals surface area (Å²) in [6.07, 6.45) is 5.07. The van der Waals surface area contributed by atoms with Gasteiger partial charge in [-0.25, -0.2) is 0 Å². The molecule has 0 spiro atoms. The van der Waals surface area contributed by atoms with Gasteiger partial charge in [-0.2, -0.15) is 0 Å². The molecule has 182 valence electrons. The number of rotatable bonds is 8. The Hall–Kier alpha value is -3.02. The Bertz CT molecular complexity index is 993. The molecule has 2 amide bonds. The first kappa shape index (κ1) is 24.1. The van der Waals surface area contributed by atoms with Gasteiger partial charge in [-0.15, -0.1) is 0 Å². The van der Waals surface area contributed by atoms with Crippen molar-refractivity contribution in [3.8, 4) is 11.5 Å². The van der Waals surface area contributed by atoms with Crippen molar-refractivity contribution in [3.63, 3.8) is 0 Å². The minimum atomic E-state index is -0.447. The lowest BCUT2D eigenvalue weighted by Gasteiger charge is -2.34. The van der Waals surface area contributed by atoms with Crippen molar-refractivity contribution < 1.29 is 19.1 Å². The minimum Gasteiger partial charge on any atom is -0.490 e. The lowest BCUT2D eigenvalue weighted by Crippen LogP contribution is -2.50. The largest absolute Gasteiger partial charge is 0.490 e. The number of hydrogen-bond donors (Lipinski definition) is 1. The van der Waals surface area contributed by atoms with Crippen LogP contribution < -0.4 is 14.8 Å². The van der Waals surface area contributed by atoms with E-state index in [1.54, 1.807) is 0 Å². The number of ether oxygens (including phenoxy) is 2. The number of benzene rings is 2. The van der Waals surface area contributed by atoms with E-state index in [2.05, 4.69) is 5.32 Å². The van der Waals surface area contributed by atoms with Crippen LogP contribution >= 0.6 is 0 Å². The van der Waals surface area contributed by atoms with E-state index < -0.39 is 6.04 Å². The molecule has 0 radical (unpaired) electrons. The molecule has 1 heterocycles. The highest BCUT2D eigenvalue weighted by molar-refractivity contribution is 5.98. The molecule has 6 heteroatoms. The van der Waals surface area contributed by atoms with Gasteiger partial charge in [0.15, 0.2) is 11.5 Å². The van der Waals surface area contributed by atoms with Gasteiger partial charge in [0.25, 0.3) is 5.91 Å². The summed E-state index contributed by atoms with van der Waals surface area (Å²) >= 11 is 0. The molecule has 2 aromatic rings. The van der Waals surface area contributed by atoms with Gasteiger partial charge in [0.05, 0.1) is 19.3 Å². The normalized spacial score (nSPS) is 22.6. The lowest BCUT2D eigenvalue weighted by molar-refractivity contribution is -0.125. The number of nitrogens with one attached hydrogen (secondary N) is 1. The van der Waals surface area contributed by atoms with E-state index in [1.165, 1.54) is 6.42 Å². The van der Waals surface area contributed by atoms with Gasteiger partial charge in [-0.3, -0.25) is 9.59 Å². The second-order valence-electron chi connectivity index (χ2n) is 9.24. The van der Waals surface area contributed by atoms with Crippen LogP contribution in [0.1, 0.15) is 74.8 Å². The van der Waals surface area contributed by atoms with Gasteiger partial charge >= 0.3 is 0 Å². The van der Waals surface area contributed by atoms with Gasteiger partial charge in [0.2, 0.25) is 5.91 Å². The molecule has 1 saturated heterocycles. The van der Waals surface area contributed by atoms with E-state index in [0.29, 0.717) is 36.2 Å². The standard InChI is InChI=1S/C28H36N2O4/c1-4-33-25-16-15-21(18-26(25)34-5-2)19(3)29-27(31)24-17-22-13-9-10-14-23(22)30(24)28(32)20-11-7-6-8-12-20/h6-8,11-12,15-16,18-19,22-24H,4-5,9-10,13-14,17H2,1-3H3,(H,29,31). The summed E-state index contributed by atoms with van der Waals surface area (Å²) < 4.78 is 11.4. The zero-order valence-electron chi connectivity index (χ0n) is 20.5. The summed E-state index contributed by atoms with van der Waals surface area (Å²) in [7, 11) is 0. The summed E-state index contributed by atoms with van der Waals surface area (Å²) in [5.74, 6) is 1.64. The van der Waals surface area contributed by atoms with Gasteiger partial charge in [-0.05, 0) is 75.8 Å². The van der Waals surface area contributed by atoms with Crippen molar-refractivity contribution in [1.29, 1.82) is 0 Å². The maximum atomic E-state index is 13.5. The number of carbonyl (C=O) groups excluding carboxylic acids is 2. The minimum absolute atomic E-state index is 0.0393. The number of nitrogens with zero attached hydrogens (tertiary/aromatic N) is 1. The average molecular weight is 465 g/mol. The highest BCUT2D eigenvalue weighted by Crippen LogP contribution is 2.41. The number of amides is 2. The van der Waals surface area contributed by atoms with Crippen molar-refractivity contribution in [2.75, 3.05) is 13.2 Å². The van der Waals surface area contributed by atoms with E-state index in [4.69, 9.17) is 9.47 Å². The molecule has 4 rings (SSSR count). The maximum absolute atomic E-state index is 13.5. The van der Waals surface area contributed by atoms with Crippen molar-refractivity contribution in [2.24, 2.45) is 5.92 Å². The molecule has 1 saturated carbocycles. The zero-order valence-corrected chi connectivity index (χ0v) is 20.5. The third-order valence-corrected chi connectivity index (χ3v) is 7.07. The summed E-state index contributed by atoms with van der Waals surface area (Å²) in [5.41, 5.74) is 1.59. The molecule has 1 N–H and O–H groups in total. The highest BCUT2D eigenvalue weighted by Gasteiger charge is 2.47. The molecule has 2 aliphatic rings. The second-order valence-corrected chi connectivity index (χ2v) is 9.24. The molecule has 2 fully saturated rings. The average Bonchev–Trinajstić information content (AvgIpc) is 3.25. The number of carbonyl (C=O) groups is 2. The van der Waals surface area contributed by atoms with Gasteiger partial charge in [0, 0.05) is 11.6 Å². The first-order chi connectivity index (χ1) is 16.5. The maximum Gasteiger partial charge on any atom is 0.254 e. The van der Waals surface area contributed by atoms with Crippen LogP contribution in [-0.2, 0) is 4.79 Å². The summed E-state index contributed by atoms with van der Waals surface area (Å²) in [6, 6.07) is 14.6. The lowest BCUT2D eigenvalue weighted by atomic mass is 9.84. The van der Waals surface area contributed by atoms with Gasteiger partial charge in [-0.1, -0.05) is 37.1 Å². The molecule has 1 aliphatic heterocycles. The Morgan fingerprint density at radius 3 is 2.44 bits per heavy atom. The van der Waals surface area contributed by atoms with Crippen LogP contribution in [0, 0.1) is 5.92 Å². The fraction of sp³-hybridized carbons (Fsp3) is 0.500. The first-order valence-electron chi connectivity index (χ1n) is 12.6. The second kappa shape index (κ2) is 10.9. The van der Waals surface area contributed by atoms with Crippen LogP contribution in [0.15, 0.2) is 48.5 Å². The Morgan fingerprint density at radius 2 is 1.71 bits per heavy atom. The van der Waals surface area contributed by atoms with Crippen LogP contribution in [-0.4, -0.2) is 42.0 Å². The van der Waals surface area contributed by atoms with Crippen LogP contribution in [0.4, 0.5) is 0 Å². The van der Waals surface area contributed by atoms with E-state index in [-0.39, 0.29) is 23.9 Å². The Kier molecular flexibility index (Phi) is 7.76. The zero-order chi connectivity index (χ0) is 24.1. The van der Waals surface area contributed by atoms with Crippen LogP contribution in [0.5, 0.6) is 11.5 Å². The Morgan fingerprint density at radius 1 is 1.00 bits per heavy atom. The van der Waals surface area contributed by atoms with Crippen molar-refractivity contribution in [3.05, 3.63) is 59.7 Å². The molecule has 4 atom stereocenters. The van der Waals surface area contributed by atoms with Crippen LogP contribution in [0.25, 0.3) is 0 Å². The number of likely N-dealkylation sites (tertiary alicyclic amines) is 1. The summed E-state index contributed by atoms with van der Waals surface area (Å²) in [5, 5.41) is 3.18. The molecular formula is C28H36N2O4. The number of hydrogen-bond acceptors (Lipinski definition) is 4. The van der Waals surface area contributed by atoms with E-state index in [9.17, 15) is 9.59 Å². The predicted molar refractivity (Wildman–Crippen MR) is 132 cm³/mol. The fourth-order valence-corrected chi connectivity index (χ4v) is 5.45. The van der Waals surface area contributed by atoms with Gasteiger partial charge in [0.1, 0.15) is 6.04 Å². The first-order valence-corrected chi connectivity index (χ1v) is 12.6. The Labute approximate surface area is 202 Å². The topological polar surface area (TPSA) is 67.9 Å².